The molecule has 0 aliphatic rings. The predicted octanol–water partition coefficient (Wildman–Crippen LogP) is 5.28. The third kappa shape index (κ3) is 9.94. The quantitative estimate of drug-likeness (QED) is 0.337. The summed E-state index contributed by atoms with van der Waals surface area (Å²) in [6, 6.07) is 0. The van der Waals surface area contributed by atoms with Gasteiger partial charge in [-0.15, -0.1) is 0 Å². The van der Waals surface area contributed by atoms with E-state index in [4.69, 9.17) is 9.47 Å². The molecule has 24 heavy (non-hydrogen) atoms. The third-order valence-corrected chi connectivity index (χ3v) is 4.21. The highest BCUT2D eigenvalue weighted by Crippen LogP contribution is 2.30. The Labute approximate surface area is 148 Å². The van der Waals surface area contributed by atoms with Gasteiger partial charge in [-0.25, -0.2) is 0 Å². The van der Waals surface area contributed by atoms with Crippen LogP contribution in [-0.2, 0) is 19.1 Å². The number of ether oxygens (including phenoxy) is 2. The van der Waals surface area contributed by atoms with Crippen LogP contribution in [0.1, 0.15) is 92.9 Å². The maximum absolute atomic E-state index is 12.1. The van der Waals surface area contributed by atoms with E-state index >= 15 is 0 Å². The van der Waals surface area contributed by atoms with Crippen molar-refractivity contribution < 1.29 is 19.1 Å². The van der Waals surface area contributed by atoms with E-state index in [9.17, 15) is 9.59 Å². The van der Waals surface area contributed by atoms with Crippen molar-refractivity contribution in [1.29, 1.82) is 0 Å². The first-order valence-electron chi connectivity index (χ1n) is 9.59. The second-order valence-corrected chi connectivity index (χ2v) is 7.72. The van der Waals surface area contributed by atoms with Crippen LogP contribution in [0.5, 0.6) is 0 Å². The predicted molar refractivity (Wildman–Crippen MR) is 97.7 cm³/mol. The van der Waals surface area contributed by atoms with Crippen LogP contribution in [0.25, 0.3) is 0 Å². The van der Waals surface area contributed by atoms with Gasteiger partial charge in [-0.05, 0) is 18.8 Å². The SMILES string of the molecule is CCCCCC(=O)OCC(C)(C)C(OC(=O)CCCCC)C(C)C. The average Bonchev–Trinajstić information content (AvgIpc) is 2.51. The lowest BCUT2D eigenvalue weighted by Crippen LogP contribution is -2.41. The molecule has 4 nitrogen and oxygen atoms in total. The second-order valence-electron chi connectivity index (χ2n) is 7.72. The highest BCUT2D eigenvalue weighted by molar-refractivity contribution is 5.70. The number of unbranched alkanes of at least 4 members (excludes halogenated alkanes) is 4. The first kappa shape index (κ1) is 22.9. The molecule has 142 valence electrons. The van der Waals surface area contributed by atoms with Crippen LogP contribution in [0, 0.1) is 11.3 Å². The molecular weight excluding hydrogens is 304 g/mol. The van der Waals surface area contributed by atoms with E-state index in [-0.39, 0.29) is 30.6 Å². The van der Waals surface area contributed by atoms with Gasteiger partial charge in [0.05, 0.1) is 6.61 Å². The lowest BCUT2D eigenvalue weighted by molar-refractivity contribution is -0.165. The monoisotopic (exact) mass is 342 g/mol. The minimum atomic E-state index is -0.394. The van der Waals surface area contributed by atoms with E-state index in [1.165, 1.54) is 0 Å². The molecule has 0 saturated carbocycles. The summed E-state index contributed by atoms with van der Waals surface area (Å²) < 4.78 is 11.2. The molecule has 1 unspecified atom stereocenters. The van der Waals surface area contributed by atoms with E-state index in [0.717, 1.165) is 38.5 Å². The van der Waals surface area contributed by atoms with E-state index in [1.807, 2.05) is 27.7 Å². The van der Waals surface area contributed by atoms with Gasteiger partial charge in [0.2, 0.25) is 0 Å². The van der Waals surface area contributed by atoms with Crippen LogP contribution in [0.4, 0.5) is 0 Å². The van der Waals surface area contributed by atoms with E-state index in [1.54, 1.807) is 0 Å². The summed E-state index contributed by atoms with van der Waals surface area (Å²) in [4.78, 5) is 23.9. The Balaban J connectivity index is 4.49. The summed E-state index contributed by atoms with van der Waals surface area (Å²) in [5.41, 5.74) is -0.394. The molecule has 0 saturated heterocycles. The molecule has 4 heteroatoms. The first-order chi connectivity index (χ1) is 11.2. The fraction of sp³-hybridized carbons (Fsp3) is 0.900. The number of carbonyl (C=O) groups is 2. The minimum Gasteiger partial charge on any atom is -0.465 e. The second kappa shape index (κ2) is 12.3. The summed E-state index contributed by atoms with van der Waals surface area (Å²) in [7, 11) is 0. The topological polar surface area (TPSA) is 52.6 Å². The maximum atomic E-state index is 12.1. The summed E-state index contributed by atoms with van der Waals surface area (Å²) in [6.07, 6.45) is 6.67. The smallest absolute Gasteiger partial charge is 0.306 e. The molecule has 0 radical (unpaired) electrons. The normalized spacial score (nSPS) is 13.0. The molecule has 0 aliphatic carbocycles. The Kier molecular flexibility index (Phi) is 11.8. The molecule has 0 rings (SSSR count). The van der Waals surface area contributed by atoms with E-state index in [0.29, 0.717) is 12.8 Å². The summed E-state index contributed by atoms with van der Waals surface area (Å²) in [6.45, 7) is 12.6. The van der Waals surface area contributed by atoms with Gasteiger partial charge < -0.3 is 9.47 Å². The molecule has 0 aliphatic heterocycles. The summed E-state index contributed by atoms with van der Waals surface area (Å²) >= 11 is 0. The fourth-order valence-corrected chi connectivity index (χ4v) is 2.86. The Hall–Kier alpha value is -1.06. The third-order valence-electron chi connectivity index (χ3n) is 4.21. The molecule has 1 atom stereocenters. The zero-order valence-corrected chi connectivity index (χ0v) is 16.7. The summed E-state index contributed by atoms with van der Waals surface area (Å²) in [5.74, 6) is -0.133. The van der Waals surface area contributed by atoms with Crippen LogP contribution in [-0.4, -0.2) is 24.6 Å². The van der Waals surface area contributed by atoms with Crippen molar-refractivity contribution in [1.82, 2.24) is 0 Å². The lowest BCUT2D eigenvalue weighted by atomic mass is 9.81. The lowest BCUT2D eigenvalue weighted by Gasteiger charge is -2.36. The highest BCUT2D eigenvalue weighted by atomic mass is 16.6. The maximum Gasteiger partial charge on any atom is 0.306 e. The van der Waals surface area contributed by atoms with Gasteiger partial charge in [0.15, 0.2) is 0 Å². The number of rotatable bonds is 13. The van der Waals surface area contributed by atoms with Crippen molar-refractivity contribution in [2.24, 2.45) is 11.3 Å². The van der Waals surface area contributed by atoms with Gasteiger partial charge >= 0.3 is 11.9 Å². The van der Waals surface area contributed by atoms with Crippen LogP contribution in [0.2, 0.25) is 0 Å². The molecular formula is C20H38O4. The van der Waals surface area contributed by atoms with Gasteiger partial charge in [0.1, 0.15) is 6.10 Å². The van der Waals surface area contributed by atoms with E-state index in [2.05, 4.69) is 13.8 Å². The van der Waals surface area contributed by atoms with Crippen molar-refractivity contribution in [3.8, 4) is 0 Å². The molecule has 0 aromatic carbocycles. The highest BCUT2D eigenvalue weighted by Gasteiger charge is 2.36. The number of hydrogen-bond acceptors (Lipinski definition) is 4. The van der Waals surface area contributed by atoms with Crippen LogP contribution >= 0.6 is 0 Å². The van der Waals surface area contributed by atoms with Crippen LogP contribution in [0.15, 0.2) is 0 Å². The molecule has 0 N–H and O–H groups in total. The van der Waals surface area contributed by atoms with Crippen molar-refractivity contribution in [2.45, 2.75) is 99.0 Å². The van der Waals surface area contributed by atoms with Gasteiger partial charge in [-0.2, -0.15) is 0 Å². The van der Waals surface area contributed by atoms with E-state index < -0.39 is 5.41 Å². The Bertz CT molecular complexity index is 361. The van der Waals surface area contributed by atoms with Gasteiger partial charge in [0.25, 0.3) is 0 Å². The standard InChI is InChI=1S/C20H38O4/c1-7-9-11-13-17(21)23-15-20(5,6)19(16(3)4)24-18(22)14-12-10-8-2/h16,19H,7-15H2,1-6H3. The Morgan fingerprint density at radius 1 is 0.875 bits per heavy atom. The van der Waals surface area contributed by atoms with Crippen molar-refractivity contribution >= 4 is 11.9 Å². The zero-order valence-electron chi connectivity index (χ0n) is 16.7. The molecule has 0 aromatic heterocycles. The Morgan fingerprint density at radius 3 is 1.83 bits per heavy atom. The average molecular weight is 343 g/mol. The molecule has 0 spiro atoms. The summed E-state index contributed by atoms with van der Waals surface area (Å²) in [5, 5.41) is 0. The Morgan fingerprint density at radius 2 is 1.38 bits per heavy atom. The first-order valence-corrected chi connectivity index (χ1v) is 9.59. The van der Waals surface area contributed by atoms with Crippen molar-refractivity contribution in [3.05, 3.63) is 0 Å². The molecule has 0 aromatic rings. The van der Waals surface area contributed by atoms with Crippen molar-refractivity contribution in [3.63, 3.8) is 0 Å². The van der Waals surface area contributed by atoms with Crippen molar-refractivity contribution in [2.75, 3.05) is 6.61 Å². The molecule has 0 fully saturated rings. The number of hydrogen-bond donors (Lipinski definition) is 0. The van der Waals surface area contributed by atoms with Gasteiger partial charge in [-0.1, -0.05) is 67.2 Å². The van der Waals surface area contributed by atoms with Crippen LogP contribution < -0.4 is 0 Å². The molecule has 0 bridgehead atoms. The largest absolute Gasteiger partial charge is 0.465 e. The molecule has 0 amide bonds. The van der Waals surface area contributed by atoms with Gasteiger partial charge in [-0.3, -0.25) is 9.59 Å². The molecule has 0 heterocycles. The zero-order chi connectivity index (χ0) is 18.6. The number of esters is 2. The van der Waals surface area contributed by atoms with Crippen LogP contribution in [0.3, 0.4) is 0 Å². The number of carbonyl (C=O) groups excluding carboxylic acids is 2. The minimum absolute atomic E-state index is 0.149. The fourth-order valence-electron chi connectivity index (χ4n) is 2.86. The van der Waals surface area contributed by atoms with Gasteiger partial charge in [0, 0.05) is 18.3 Å².